The van der Waals surface area contributed by atoms with Gasteiger partial charge < -0.3 is 20.1 Å². The first-order chi connectivity index (χ1) is 16.9. The lowest BCUT2D eigenvalue weighted by atomic mass is 9.96. The average molecular weight is 480 g/mol. The number of benzene rings is 3. The molecule has 2 atom stereocenters. The van der Waals surface area contributed by atoms with Gasteiger partial charge in [0.15, 0.2) is 17.5 Å². The number of carbonyl (C=O) groups is 1. The molecule has 0 saturated heterocycles. The van der Waals surface area contributed by atoms with Crippen LogP contribution in [-0.4, -0.2) is 28.7 Å². The molecule has 2 unspecified atom stereocenters. The SMILES string of the molecule is O=C(Nc1cccc2ccccc12)c1cnn2c1NC(c1ccc3c(c1)OCO3)CC2C(F)(F)F. The Kier molecular flexibility index (Phi) is 4.84. The lowest BCUT2D eigenvalue weighted by Crippen LogP contribution is -2.36. The van der Waals surface area contributed by atoms with Gasteiger partial charge in [-0.15, -0.1) is 0 Å². The van der Waals surface area contributed by atoms with E-state index in [1.807, 2.05) is 30.3 Å². The Labute approximate surface area is 197 Å². The van der Waals surface area contributed by atoms with Crippen molar-refractivity contribution in [3.63, 3.8) is 0 Å². The van der Waals surface area contributed by atoms with Crippen LogP contribution in [-0.2, 0) is 0 Å². The summed E-state index contributed by atoms with van der Waals surface area (Å²) < 4.78 is 53.6. The summed E-state index contributed by atoms with van der Waals surface area (Å²) >= 11 is 0. The van der Waals surface area contributed by atoms with Crippen LogP contribution in [0.5, 0.6) is 11.5 Å². The summed E-state index contributed by atoms with van der Waals surface area (Å²) in [6, 6.07) is 15.4. The molecule has 0 radical (unpaired) electrons. The van der Waals surface area contributed by atoms with Crippen LogP contribution in [0, 0.1) is 0 Å². The van der Waals surface area contributed by atoms with Crippen LogP contribution < -0.4 is 20.1 Å². The van der Waals surface area contributed by atoms with Gasteiger partial charge in [-0.1, -0.05) is 42.5 Å². The van der Waals surface area contributed by atoms with Crippen molar-refractivity contribution in [2.45, 2.75) is 24.7 Å². The Bertz CT molecular complexity index is 1440. The first-order valence-corrected chi connectivity index (χ1v) is 11.0. The maximum Gasteiger partial charge on any atom is 0.410 e. The fourth-order valence-electron chi connectivity index (χ4n) is 4.60. The molecule has 6 rings (SSSR count). The highest BCUT2D eigenvalue weighted by atomic mass is 19.4. The van der Waals surface area contributed by atoms with E-state index in [1.54, 1.807) is 30.3 Å². The van der Waals surface area contributed by atoms with E-state index in [-0.39, 0.29) is 24.6 Å². The van der Waals surface area contributed by atoms with E-state index in [0.717, 1.165) is 15.5 Å². The van der Waals surface area contributed by atoms with Crippen LogP contribution in [0.3, 0.4) is 0 Å². The highest BCUT2D eigenvalue weighted by molar-refractivity contribution is 6.11. The van der Waals surface area contributed by atoms with Gasteiger partial charge in [-0.25, -0.2) is 4.68 Å². The second-order valence-electron chi connectivity index (χ2n) is 8.43. The smallest absolute Gasteiger partial charge is 0.410 e. The summed E-state index contributed by atoms with van der Waals surface area (Å²) in [6.07, 6.45) is -3.67. The highest BCUT2D eigenvalue weighted by Crippen LogP contribution is 2.46. The summed E-state index contributed by atoms with van der Waals surface area (Å²) in [6.45, 7) is 0.0628. The van der Waals surface area contributed by atoms with E-state index in [1.165, 1.54) is 6.20 Å². The Morgan fingerprint density at radius 3 is 2.71 bits per heavy atom. The number of aromatic nitrogens is 2. The summed E-state index contributed by atoms with van der Waals surface area (Å²) in [4.78, 5) is 13.2. The Morgan fingerprint density at radius 1 is 1.06 bits per heavy atom. The third-order valence-electron chi connectivity index (χ3n) is 6.32. The number of carbonyl (C=O) groups excluding carboxylic acids is 1. The molecule has 0 saturated carbocycles. The summed E-state index contributed by atoms with van der Waals surface area (Å²) in [7, 11) is 0. The van der Waals surface area contributed by atoms with Crippen LogP contribution in [0.2, 0.25) is 0 Å². The minimum absolute atomic E-state index is 0.0129. The van der Waals surface area contributed by atoms with E-state index in [2.05, 4.69) is 15.7 Å². The number of nitrogens with zero attached hydrogens (tertiary/aromatic N) is 2. The van der Waals surface area contributed by atoms with E-state index < -0.39 is 24.2 Å². The van der Waals surface area contributed by atoms with Crippen LogP contribution in [0.15, 0.2) is 66.9 Å². The number of halogens is 3. The zero-order chi connectivity index (χ0) is 24.2. The zero-order valence-corrected chi connectivity index (χ0v) is 18.2. The maximum atomic E-state index is 14.0. The molecule has 178 valence electrons. The van der Waals surface area contributed by atoms with Crippen LogP contribution in [0.25, 0.3) is 10.8 Å². The molecule has 2 aliphatic heterocycles. The maximum absolute atomic E-state index is 14.0. The number of hydrogen-bond donors (Lipinski definition) is 2. The second-order valence-corrected chi connectivity index (χ2v) is 8.43. The number of anilines is 2. The molecule has 3 heterocycles. The monoisotopic (exact) mass is 480 g/mol. The van der Waals surface area contributed by atoms with Gasteiger partial charge in [0.25, 0.3) is 5.91 Å². The molecule has 2 aliphatic rings. The van der Waals surface area contributed by atoms with Gasteiger partial charge >= 0.3 is 6.18 Å². The highest BCUT2D eigenvalue weighted by Gasteiger charge is 2.47. The van der Waals surface area contributed by atoms with Crippen molar-refractivity contribution < 1.29 is 27.4 Å². The largest absolute Gasteiger partial charge is 0.454 e. The topological polar surface area (TPSA) is 77.4 Å². The lowest BCUT2D eigenvalue weighted by molar-refractivity contribution is -0.173. The van der Waals surface area contributed by atoms with E-state index in [9.17, 15) is 18.0 Å². The first-order valence-electron chi connectivity index (χ1n) is 11.0. The van der Waals surface area contributed by atoms with Crippen molar-refractivity contribution in [2.24, 2.45) is 0 Å². The average Bonchev–Trinajstić information content (AvgIpc) is 3.49. The summed E-state index contributed by atoms with van der Waals surface area (Å²) in [5, 5.41) is 11.6. The molecule has 4 aromatic rings. The molecule has 1 amide bonds. The van der Waals surface area contributed by atoms with E-state index in [4.69, 9.17) is 9.47 Å². The molecule has 10 heteroatoms. The van der Waals surface area contributed by atoms with Crippen molar-refractivity contribution in [2.75, 3.05) is 17.4 Å². The number of ether oxygens (including phenoxy) is 2. The Balaban J connectivity index is 1.36. The number of alkyl halides is 3. The first kappa shape index (κ1) is 21.3. The van der Waals surface area contributed by atoms with Crippen molar-refractivity contribution >= 4 is 28.2 Å². The normalized spacial score (nSPS) is 18.7. The standard InChI is InChI=1S/C25H19F3N4O3/c26-25(27,28)22-11-19(15-8-9-20-21(10-15)35-13-34-20)30-23-17(12-29-32(22)23)24(33)31-18-7-3-5-14-4-1-2-6-16(14)18/h1-10,12,19,22,30H,11,13H2,(H,31,33). The van der Waals surface area contributed by atoms with Gasteiger partial charge in [-0.05, 0) is 29.1 Å². The van der Waals surface area contributed by atoms with Crippen molar-refractivity contribution in [3.8, 4) is 11.5 Å². The molecule has 35 heavy (non-hydrogen) atoms. The Hall–Kier alpha value is -4.21. The number of rotatable bonds is 3. The molecule has 3 aromatic carbocycles. The van der Waals surface area contributed by atoms with Gasteiger partial charge in [0.05, 0.1) is 12.2 Å². The number of hydrogen-bond acceptors (Lipinski definition) is 5. The molecule has 0 spiro atoms. The van der Waals surface area contributed by atoms with Gasteiger partial charge in [0.2, 0.25) is 6.79 Å². The van der Waals surface area contributed by atoms with Crippen LogP contribution in [0.1, 0.15) is 34.4 Å². The fourth-order valence-corrected chi connectivity index (χ4v) is 4.60. The van der Waals surface area contributed by atoms with Crippen molar-refractivity contribution in [1.29, 1.82) is 0 Å². The number of nitrogens with one attached hydrogen (secondary N) is 2. The van der Waals surface area contributed by atoms with Gasteiger partial charge in [0, 0.05) is 17.5 Å². The molecular weight excluding hydrogens is 461 g/mol. The van der Waals surface area contributed by atoms with Crippen molar-refractivity contribution in [1.82, 2.24) is 9.78 Å². The fraction of sp³-hybridized carbons (Fsp3) is 0.200. The van der Waals surface area contributed by atoms with E-state index >= 15 is 0 Å². The molecule has 2 N–H and O–H groups in total. The quantitative estimate of drug-likeness (QED) is 0.395. The van der Waals surface area contributed by atoms with Crippen LogP contribution >= 0.6 is 0 Å². The molecule has 1 aromatic heterocycles. The molecule has 0 aliphatic carbocycles. The molecule has 0 fully saturated rings. The number of amides is 1. The van der Waals surface area contributed by atoms with Gasteiger partial charge in [0.1, 0.15) is 11.4 Å². The van der Waals surface area contributed by atoms with Crippen molar-refractivity contribution in [3.05, 3.63) is 78.0 Å². The predicted molar refractivity (Wildman–Crippen MR) is 123 cm³/mol. The second kappa shape index (κ2) is 7.93. The molecule has 0 bridgehead atoms. The molecular formula is C25H19F3N4O3. The molecule has 7 nitrogen and oxygen atoms in total. The minimum atomic E-state index is -4.55. The third kappa shape index (κ3) is 3.71. The lowest BCUT2D eigenvalue weighted by Gasteiger charge is -2.34. The van der Waals surface area contributed by atoms with Gasteiger partial charge in [-0.3, -0.25) is 4.79 Å². The summed E-state index contributed by atoms with van der Waals surface area (Å²) in [5.74, 6) is 0.472. The summed E-state index contributed by atoms with van der Waals surface area (Å²) in [5.41, 5.74) is 1.18. The third-order valence-corrected chi connectivity index (χ3v) is 6.32. The van der Waals surface area contributed by atoms with Crippen LogP contribution in [0.4, 0.5) is 24.7 Å². The minimum Gasteiger partial charge on any atom is -0.454 e. The predicted octanol–water partition coefficient (Wildman–Crippen LogP) is 5.68. The zero-order valence-electron chi connectivity index (χ0n) is 18.2. The van der Waals surface area contributed by atoms with E-state index in [0.29, 0.717) is 22.7 Å². The Morgan fingerprint density at radius 2 is 1.86 bits per heavy atom. The number of fused-ring (bicyclic) bond motifs is 3. The van der Waals surface area contributed by atoms with Gasteiger partial charge in [-0.2, -0.15) is 18.3 Å².